The van der Waals surface area contributed by atoms with Crippen LogP contribution in [0.4, 0.5) is 0 Å². The summed E-state index contributed by atoms with van der Waals surface area (Å²) in [7, 11) is 0. The van der Waals surface area contributed by atoms with Gasteiger partial charge in [-0.3, -0.25) is 4.79 Å². The number of aliphatic hydroxyl groups excluding tert-OH is 2. The number of nitrogens with one attached hydrogen (secondary N) is 1. The molecule has 1 amide bonds. The molecule has 0 aliphatic carbocycles. The van der Waals surface area contributed by atoms with E-state index in [2.05, 4.69) is 5.32 Å². The van der Waals surface area contributed by atoms with Crippen molar-refractivity contribution in [2.45, 2.75) is 18.6 Å². The van der Waals surface area contributed by atoms with E-state index in [0.717, 1.165) is 0 Å². The molecule has 4 nitrogen and oxygen atoms in total. The summed E-state index contributed by atoms with van der Waals surface area (Å²) in [5.41, 5.74) is 0. The van der Waals surface area contributed by atoms with Crippen LogP contribution in [0, 0.1) is 0 Å². The number of amides is 1. The quantitative estimate of drug-likeness (QED) is 0.394. The minimum atomic E-state index is -0.706. The maximum atomic E-state index is 10.4. The number of hydrogen-bond donors (Lipinski definition) is 3. The average molecular weight is 131 g/mol. The Morgan fingerprint density at radius 3 is 2.67 bits per heavy atom. The van der Waals surface area contributed by atoms with Crippen molar-refractivity contribution in [2.24, 2.45) is 0 Å². The Morgan fingerprint density at radius 2 is 2.44 bits per heavy atom. The molecule has 1 heterocycles. The molecule has 1 unspecified atom stereocenters. The minimum Gasteiger partial charge on any atom is -0.394 e. The second kappa shape index (κ2) is 2.33. The van der Waals surface area contributed by atoms with Crippen LogP contribution in [0.5, 0.6) is 0 Å². The van der Waals surface area contributed by atoms with Gasteiger partial charge in [0.05, 0.1) is 25.2 Å². The summed E-state index contributed by atoms with van der Waals surface area (Å²) in [6.45, 7) is -0.188. The first kappa shape index (κ1) is 6.51. The van der Waals surface area contributed by atoms with E-state index in [9.17, 15) is 4.79 Å². The van der Waals surface area contributed by atoms with Crippen LogP contribution in [0.25, 0.3) is 0 Å². The van der Waals surface area contributed by atoms with Crippen LogP contribution in [-0.2, 0) is 4.79 Å². The molecule has 1 aliphatic rings. The van der Waals surface area contributed by atoms with Gasteiger partial charge in [0, 0.05) is 0 Å². The summed E-state index contributed by atoms with van der Waals surface area (Å²) in [5.74, 6) is -0.193. The lowest BCUT2D eigenvalue weighted by molar-refractivity contribution is -0.119. The molecule has 4 heteroatoms. The van der Waals surface area contributed by atoms with Crippen molar-refractivity contribution in [1.29, 1.82) is 0 Å². The summed E-state index contributed by atoms with van der Waals surface area (Å²) < 4.78 is 0. The van der Waals surface area contributed by atoms with Crippen LogP contribution in [0.15, 0.2) is 0 Å². The van der Waals surface area contributed by atoms with Crippen molar-refractivity contribution in [3.8, 4) is 0 Å². The summed E-state index contributed by atoms with van der Waals surface area (Å²) in [5, 5.41) is 19.8. The van der Waals surface area contributed by atoms with Gasteiger partial charge in [-0.15, -0.1) is 0 Å². The lowest BCUT2D eigenvalue weighted by atomic mass is 10.2. The molecule has 0 radical (unpaired) electrons. The molecular formula is C5H9NO3. The second-order valence-corrected chi connectivity index (χ2v) is 2.13. The third kappa shape index (κ3) is 1.20. The monoisotopic (exact) mass is 131 g/mol. The fraction of sp³-hybridized carbons (Fsp3) is 0.800. The van der Waals surface area contributed by atoms with Gasteiger partial charge in [-0.05, 0) is 0 Å². The molecule has 0 bridgehead atoms. The smallest absolute Gasteiger partial charge is 0.223 e. The standard InChI is InChI=1S/C5H9NO3/c7-2-3-4(8)1-5(9)6-3/h3-4,7-8H,1-2H2,(H,6,9)/t3-,4?/m0/s1. The number of aliphatic hydroxyl groups is 2. The number of carbonyl (C=O) groups is 1. The van der Waals surface area contributed by atoms with Crippen LogP contribution in [0.2, 0.25) is 0 Å². The molecule has 1 rings (SSSR count). The van der Waals surface area contributed by atoms with E-state index in [0.29, 0.717) is 0 Å². The summed E-state index contributed by atoms with van der Waals surface area (Å²) >= 11 is 0. The largest absolute Gasteiger partial charge is 0.394 e. The molecule has 1 fully saturated rings. The highest BCUT2D eigenvalue weighted by Gasteiger charge is 2.29. The Kier molecular flexibility index (Phi) is 1.68. The van der Waals surface area contributed by atoms with E-state index in [-0.39, 0.29) is 18.9 Å². The first-order valence-electron chi connectivity index (χ1n) is 2.82. The van der Waals surface area contributed by atoms with Crippen molar-refractivity contribution in [2.75, 3.05) is 6.61 Å². The Balaban J connectivity index is 2.47. The Morgan fingerprint density at radius 1 is 1.78 bits per heavy atom. The highest BCUT2D eigenvalue weighted by atomic mass is 16.3. The SMILES string of the molecule is O=C1CC(O)[C@H](CO)N1. The van der Waals surface area contributed by atoms with Crippen LogP contribution in [-0.4, -0.2) is 34.9 Å². The molecular weight excluding hydrogens is 122 g/mol. The molecule has 1 aliphatic heterocycles. The highest BCUT2D eigenvalue weighted by Crippen LogP contribution is 2.06. The van der Waals surface area contributed by atoms with Gasteiger partial charge in [0.2, 0.25) is 5.91 Å². The maximum absolute atomic E-state index is 10.4. The topological polar surface area (TPSA) is 69.6 Å². The van der Waals surface area contributed by atoms with E-state index in [1.54, 1.807) is 0 Å². The molecule has 0 aromatic rings. The van der Waals surface area contributed by atoms with E-state index in [1.165, 1.54) is 0 Å². The van der Waals surface area contributed by atoms with Crippen molar-refractivity contribution in [3.05, 3.63) is 0 Å². The normalized spacial score (nSPS) is 34.7. The molecule has 2 atom stereocenters. The van der Waals surface area contributed by atoms with Gasteiger partial charge in [0.1, 0.15) is 0 Å². The molecule has 52 valence electrons. The van der Waals surface area contributed by atoms with Gasteiger partial charge in [0.15, 0.2) is 0 Å². The summed E-state index contributed by atoms with van der Waals surface area (Å²) in [4.78, 5) is 10.4. The summed E-state index contributed by atoms with van der Waals surface area (Å²) in [6.07, 6.45) is -0.590. The zero-order chi connectivity index (χ0) is 6.85. The minimum absolute atomic E-state index is 0.116. The van der Waals surface area contributed by atoms with Crippen molar-refractivity contribution < 1.29 is 15.0 Å². The molecule has 0 aromatic heterocycles. The molecule has 0 spiro atoms. The molecule has 1 saturated heterocycles. The fourth-order valence-electron chi connectivity index (χ4n) is 0.861. The maximum Gasteiger partial charge on any atom is 0.223 e. The number of carbonyl (C=O) groups excluding carboxylic acids is 1. The lowest BCUT2D eigenvalue weighted by Crippen LogP contribution is -2.34. The van der Waals surface area contributed by atoms with Crippen molar-refractivity contribution >= 4 is 5.91 Å². The Hall–Kier alpha value is -0.610. The van der Waals surface area contributed by atoms with Crippen LogP contribution < -0.4 is 5.32 Å². The first-order chi connectivity index (χ1) is 4.24. The molecule has 9 heavy (non-hydrogen) atoms. The number of hydrogen-bond acceptors (Lipinski definition) is 3. The fourth-order valence-corrected chi connectivity index (χ4v) is 0.861. The van der Waals surface area contributed by atoms with E-state index in [1.807, 2.05) is 0 Å². The summed E-state index contributed by atoms with van der Waals surface area (Å²) in [6, 6.07) is -0.447. The predicted octanol–water partition coefficient (Wildman–Crippen LogP) is -1.77. The van der Waals surface area contributed by atoms with Gasteiger partial charge < -0.3 is 15.5 Å². The van der Waals surface area contributed by atoms with Gasteiger partial charge in [-0.25, -0.2) is 0 Å². The Labute approximate surface area is 52.5 Å². The highest BCUT2D eigenvalue weighted by molar-refractivity contribution is 5.79. The van der Waals surface area contributed by atoms with Crippen LogP contribution in [0.3, 0.4) is 0 Å². The average Bonchev–Trinajstić information content (AvgIpc) is 2.10. The molecule has 0 aromatic carbocycles. The zero-order valence-electron chi connectivity index (χ0n) is 4.87. The molecule has 0 saturated carbocycles. The second-order valence-electron chi connectivity index (χ2n) is 2.13. The van der Waals surface area contributed by atoms with Crippen LogP contribution in [0.1, 0.15) is 6.42 Å². The predicted molar refractivity (Wildman–Crippen MR) is 29.6 cm³/mol. The van der Waals surface area contributed by atoms with Gasteiger partial charge in [0.25, 0.3) is 0 Å². The number of rotatable bonds is 1. The van der Waals surface area contributed by atoms with E-state index < -0.39 is 12.1 Å². The van der Waals surface area contributed by atoms with Crippen molar-refractivity contribution in [1.82, 2.24) is 5.32 Å². The zero-order valence-corrected chi connectivity index (χ0v) is 4.87. The van der Waals surface area contributed by atoms with Crippen molar-refractivity contribution in [3.63, 3.8) is 0 Å². The molecule has 3 N–H and O–H groups in total. The van der Waals surface area contributed by atoms with Gasteiger partial charge in [-0.1, -0.05) is 0 Å². The first-order valence-corrected chi connectivity index (χ1v) is 2.82. The van der Waals surface area contributed by atoms with E-state index >= 15 is 0 Å². The third-order valence-electron chi connectivity index (χ3n) is 1.40. The van der Waals surface area contributed by atoms with Crippen LogP contribution >= 0.6 is 0 Å². The van der Waals surface area contributed by atoms with Gasteiger partial charge in [-0.2, -0.15) is 0 Å². The van der Waals surface area contributed by atoms with E-state index in [4.69, 9.17) is 10.2 Å². The lowest BCUT2D eigenvalue weighted by Gasteiger charge is -2.08. The third-order valence-corrected chi connectivity index (χ3v) is 1.40. The Bertz CT molecular complexity index is 125. The van der Waals surface area contributed by atoms with Gasteiger partial charge >= 0.3 is 0 Å².